The van der Waals surface area contributed by atoms with E-state index in [9.17, 15) is 4.79 Å². The summed E-state index contributed by atoms with van der Waals surface area (Å²) in [5.74, 6) is -0.308. The standard InChI is InChI=1S/C9H18O3Si/c1-6-7-11-9(10)8(2)12-13(3,4)5/h2,6-7H2,1,3-5H3. The van der Waals surface area contributed by atoms with Crippen molar-refractivity contribution >= 4 is 14.3 Å². The van der Waals surface area contributed by atoms with E-state index in [1.165, 1.54) is 0 Å². The van der Waals surface area contributed by atoms with Gasteiger partial charge in [-0.15, -0.1) is 0 Å². The zero-order chi connectivity index (χ0) is 10.5. The number of hydrogen-bond donors (Lipinski definition) is 0. The summed E-state index contributed by atoms with van der Waals surface area (Å²) in [5, 5.41) is 0. The van der Waals surface area contributed by atoms with Gasteiger partial charge >= 0.3 is 5.97 Å². The highest BCUT2D eigenvalue weighted by molar-refractivity contribution is 6.70. The summed E-state index contributed by atoms with van der Waals surface area (Å²) >= 11 is 0. The molecule has 76 valence electrons. The van der Waals surface area contributed by atoms with Gasteiger partial charge in [-0.25, -0.2) is 4.79 Å². The fraction of sp³-hybridized carbons (Fsp3) is 0.667. The molecule has 0 aromatic rings. The second-order valence-corrected chi connectivity index (χ2v) is 8.20. The van der Waals surface area contributed by atoms with E-state index in [1.807, 2.05) is 26.6 Å². The van der Waals surface area contributed by atoms with Crippen LogP contribution in [0, 0.1) is 0 Å². The van der Waals surface area contributed by atoms with Crippen LogP contribution in [0.15, 0.2) is 12.3 Å². The van der Waals surface area contributed by atoms with Crippen LogP contribution < -0.4 is 0 Å². The van der Waals surface area contributed by atoms with Gasteiger partial charge in [-0.2, -0.15) is 0 Å². The van der Waals surface area contributed by atoms with Gasteiger partial charge in [0.15, 0.2) is 5.76 Å². The van der Waals surface area contributed by atoms with Crippen LogP contribution in [-0.4, -0.2) is 20.9 Å². The summed E-state index contributed by atoms with van der Waals surface area (Å²) in [5.41, 5.74) is 0. The van der Waals surface area contributed by atoms with Crippen LogP contribution in [0.3, 0.4) is 0 Å². The molecule has 0 amide bonds. The molecule has 13 heavy (non-hydrogen) atoms. The molecule has 0 rings (SSSR count). The Bertz CT molecular complexity index is 194. The van der Waals surface area contributed by atoms with Crippen molar-refractivity contribution < 1.29 is 14.0 Å². The monoisotopic (exact) mass is 202 g/mol. The highest BCUT2D eigenvalue weighted by Crippen LogP contribution is 2.09. The third-order valence-electron chi connectivity index (χ3n) is 1.09. The van der Waals surface area contributed by atoms with Crippen LogP contribution in [0.25, 0.3) is 0 Å². The zero-order valence-electron chi connectivity index (χ0n) is 8.85. The largest absolute Gasteiger partial charge is 0.540 e. The average Bonchev–Trinajstić information content (AvgIpc) is 1.96. The summed E-state index contributed by atoms with van der Waals surface area (Å²) in [7, 11) is -1.72. The molecule has 0 heterocycles. The summed E-state index contributed by atoms with van der Waals surface area (Å²) < 4.78 is 10.2. The van der Waals surface area contributed by atoms with E-state index >= 15 is 0 Å². The molecule has 0 bridgehead atoms. The van der Waals surface area contributed by atoms with Crippen molar-refractivity contribution in [2.45, 2.75) is 33.0 Å². The van der Waals surface area contributed by atoms with Gasteiger partial charge in [0.1, 0.15) is 0 Å². The number of carbonyl (C=O) groups excluding carboxylic acids is 1. The third-order valence-corrected chi connectivity index (χ3v) is 1.95. The molecular formula is C9H18O3Si. The first-order valence-corrected chi connectivity index (χ1v) is 7.82. The van der Waals surface area contributed by atoms with Gasteiger partial charge in [-0.05, 0) is 26.1 Å². The van der Waals surface area contributed by atoms with E-state index in [2.05, 4.69) is 6.58 Å². The van der Waals surface area contributed by atoms with Gasteiger partial charge in [-0.3, -0.25) is 0 Å². The second-order valence-electron chi connectivity index (χ2n) is 3.77. The van der Waals surface area contributed by atoms with Crippen LogP contribution in [0.5, 0.6) is 0 Å². The summed E-state index contributed by atoms with van der Waals surface area (Å²) in [6.45, 7) is 11.9. The Labute approximate surface area is 80.9 Å². The Morgan fingerprint density at radius 3 is 2.31 bits per heavy atom. The molecule has 0 unspecified atom stereocenters. The molecule has 3 nitrogen and oxygen atoms in total. The molecule has 0 saturated carbocycles. The first-order chi connectivity index (χ1) is 5.87. The SMILES string of the molecule is C=C(O[Si](C)(C)C)C(=O)OCCC. The normalized spacial score (nSPS) is 10.8. The maximum Gasteiger partial charge on any atom is 0.371 e. The van der Waals surface area contributed by atoms with Crippen LogP contribution in [0.2, 0.25) is 19.6 Å². The zero-order valence-corrected chi connectivity index (χ0v) is 9.85. The summed E-state index contributed by atoms with van der Waals surface area (Å²) in [4.78, 5) is 11.2. The molecule has 0 spiro atoms. The van der Waals surface area contributed by atoms with Crippen molar-refractivity contribution in [3.8, 4) is 0 Å². The van der Waals surface area contributed by atoms with Crippen molar-refractivity contribution in [1.29, 1.82) is 0 Å². The second kappa shape index (κ2) is 5.06. The van der Waals surface area contributed by atoms with E-state index in [0.29, 0.717) is 6.61 Å². The number of hydrogen-bond acceptors (Lipinski definition) is 3. The molecule has 0 radical (unpaired) electrons. The van der Waals surface area contributed by atoms with Crippen molar-refractivity contribution in [3.63, 3.8) is 0 Å². The predicted molar refractivity (Wildman–Crippen MR) is 54.8 cm³/mol. The lowest BCUT2D eigenvalue weighted by Gasteiger charge is -2.19. The van der Waals surface area contributed by atoms with E-state index in [-0.39, 0.29) is 5.76 Å². The minimum absolute atomic E-state index is 0.132. The Balaban J connectivity index is 3.91. The molecule has 0 aliphatic rings. The summed E-state index contributed by atoms with van der Waals surface area (Å²) in [6.07, 6.45) is 0.811. The molecule has 0 N–H and O–H groups in total. The number of rotatable bonds is 5. The smallest absolute Gasteiger partial charge is 0.371 e. The van der Waals surface area contributed by atoms with Crippen molar-refractivity contribution in [2.24, 2.45) is 0 Å². The Morgan fingerprint density at radius 1 is 1.38 bits per heavy atom. The predicted octanol–water partition coefficient (Wildman–Crippen LogP) is 2.30. The maximum absolute atomic E-state index is 11.2. The molecule has 4 heteroatoms. The van der Waals surface area contributed by atoms with Crippen LogP contribution in [-0.2, 0) is 14.0 Å². The lowest BCUT2D eigenvalue weighted by atomic mass is 10.5. The van der Waals surface area contributed by atoms with E-state index in [4.69, 9.17) is 9.16 Å². The Hall–Kier alpha value is -0.773. The highest BCUT2D eigenvalue weighted by atomic mass is 28.4. The lowest BCUT2D eigenvalue weighted by molar-refractivity contribution is -0.141. The molecule has 0 atom stereocenters. The topological polar surface area (TPSA) is 35.5 Å². The fourth-order valence-corrected chi connectivity index (χ4v) is 1.51. The molecule has 0 aliphatic carbocycles. The van der Waals surface area contributed by atoms with Gasteiger partial charge in [0.25, 0.3) is 0 Å². The van der Waals surface area contributed by atoms with E-state index in [0.717, 1.165) is 6.42 Å². The van der Waals surface area contributed by atoms with Gasteiger partial charge < -0.3 is 9.16 Å². The van der Waals surface area contributed by atoms with Gasteiger partial charge in [0, 0.05) is 0 Å². The van der Waals surface area contributed by atoms with E-state index in [1.54, 1.807) is 0 Å². The molecule has 0 aliphatic heterocycles. The molecule has 0 saturated heterocycles. The van der Waals surface area contributed by atoms with Gasteiger partial charge in [0.2, 0.25) is 8.32 Å². The molecular weight excluding hydrogens is 184 g/mol. The van der Waals surface area contributed by atoms with Crippen LogP contribution >= 0.6 is 0 Å². The van der Waals surface area contributed by atoms with Crippen LogP contribution in [0.4, 0.5) is 0 Å². The van der Waals surface area contributed by atoms with Crippen molar-refractivity contribution in [1.82, 2.24) is 0 Å². The first-order valence-electron chi connectivity index (χ1n) is 4.42. The number of ether oxygens (including phenoxy) is 1. The maximum atomic E-state index is 11.2. The molecule has 0 aromatic heterocycles. The average molecular weight is 202 g/mol. The first kappa shape index (κ1) is 12.2. The fourth-order valence-electron chi connectivity index (χ4n) is 0.687. The quantitative estimate of drug-likeness (QED) is 0.297. The minimum Gasteiger partial charge on any atom is -0.540 e. The minimum atomic E-state index is -1.72. The number of esters is 1. The molecule has 0 aromatic carbocycles. The highest BCUT2D eigenvalue weighted by Gasteiger charge is 2.20. The van der Waals surface area contributed by atoms with Gasteiger partial charge in [0.05, 0.1) is 6.61 Å². The third kappa shape index (κ3) is 6.39. The molecule has 0 fully saturated rings. The Kier molecular flexibility index (Phi) is 4.76. The van der Waals surface area contributed by atoms with Crippen molar-refractivity contribution in [2.75, 3.05) is 6.61 Å². The van der Waals surface area contributed by atoms with E-state index < -0.39 is 14.3 Å². The lowest BCUT2D eigenvalue weighted by Crippen LogP contribution is -2.27. The van der Waals surface area contributed by atoms with Crippen LogP contribution in [0.1, 0.15) is 13.3 Å². The number of carbonyl (C=O) groups is 1. The summed E-state index contributed by atoms with van der Waals surface area (Å²) in [6, 6.07) is 0. The van der Waals surface area contributed by atoms with Crippen molar-refractivity contribution in [3.05, 3.63) is 12.3 Å². The van der Waals surface area contributed by atoms with Gasteiger partial charge in [-0.1, -0.05) is 13.5 Å². The Morgan fingerprint density at radius 2 is 1.92 bits per heavy atom.